The maximum Gasteiger partial charge on any atom is 0.472 e. The van der Waals surface area contributed by atoms with E-state index in [9.17, 15) is 43.2 Å². The largest absolute Gasteiger partial charge is 0.472 e. The fourth-order valence-electron chi connectivity index (χ4n) is 11.8. The number of unbranched alkanes of at least 4 members (excludes halogenated alkanes) is 44. The summed E-state index contributed by atoms with van der Waals surface area (Å²) < 4.78 is 68.6. The Morgan fingerprint density at radius 3 is 0.828 bits per heavy atom. The van der Waals surface area contributed by atoms with Crippen LogP contribution in [0.3, 0.4) is 0 Å². The highest BCUT2D eigenvalue weighted by Gasteiger charge is 2.30. The first kappa shape index (κ1) is 96.5. The van der Waals surface area contributed by atoms with Gasteiger partial charge in [0, 0.05) is 25.7 Å². The number of hydrogen-bond acceptors (Lipinski definition) is 15. The number of carbonyl (C=O) groups is 4. The van der Waals surface area contributed by atoms with Gasteiger partial charge >= 0.3 is 39.5 Å². The average molecular weight is 1450 g/mol. The third-order valence-electron chi connectivity index (χ3n) is 18.1. The fourth-order valence-corrected chi connectivity index (χ4v) is 13.4. The summed E-state index contributed by atoms with van der Waals surface area (Å²) in [5.41, 5.74) is 0. The molecular weight excluding hydrogens is 1290 g/mol. The van der Waals surface area contributed by atoms with E-state index in [-0.39, 0.29) is 25.7 Å². The van der Waals surface area contributed by atoms with E-state index in [1.165, 1.54) is 193 Å². The Balaban J connectivity index is 5.27. The lowest BCUT2D eigenvalue weighted by Gasteiger charge is -2.21. The number of esters is 4. The Morgan fingerprint density at radius 1 is 0.313 bits per heavy atom. The van der Waals surface area contributed by atoms with Crippen LogP contribution in [0.5, 0.6) is 0 Å². The van der Waals surface area contributed by atoms with Gasteiger partial charge in [-0.15, -0.1) is 0 Å². The van der Waals surface area contributed by atoms with E-state index in [4.69, 9.17) is 37.0 Å². The van der Waals surface area contributed by atoms with Gasteiger partial charge in [0.15, 0.2) is 12.2 Å². The predicted octanol–water partition coefficient (Wildman–Crippen LogP) is 23.4. The number of rotatable bonds is 77. The molecule has 5 atom stereocenters. The lowest BCUT2D eigenvalue weighted by molar-refractivity contribution is -0.161. The Hall–Kier alpha value is -2.46. The van der Waals surface area contributed by atoms with Gasteiger partial charge in [-0.3, -0.25) is 37.3 Å². The summed E-state index contributed by atoms with van der Waals surface area (Å²) in [4.78, 5) is 72.9. The monoisotopic (exact) mass is 1450 g/mol. The Kier molecular flexibility index (Phi) is 69.4. The summed E-state index contributed by atoms with van der Waals surface area (Å²) in [6.45, 7) is 9.59. The third-order valence-corrected chi connectivity index (χ3v) is 20.0. The van der Waals surface area contributed by atoms with Gasteiger partial charge in [-0.1, -0.05) is 342 Å². The van der Waals surface area contributed by atoms with Gasteiger partial charge in [-0.05, 0) is 63.2 Å². The number of aliphatic hydroxyl groups excluding tert-OH is 1. The number of aliphatic hydroxyl groups is 1. The van der Waals surface area contributed by atoms with Crippen molar-refractivity contribution < 1.29 is 80.2 Å². The summed E-state index contributed by atoms with van der Waals surface area (Å²) in [6.07, 6.45) is 63.2. The topological polar surface area (TPSA) is 237 Å². The van der Waals surface area contributed by atoms with Crippen LogP contribution >= 0.6 is 15.6 Å². The summed E-state index contributed by atoms with van der Waals surface area (Å²) in [6, 6.07) is 0. The molecule has 0 aromatic rings. The molecule has 584 valence electrons. The standard InChI is InChI=1S/C80H152O17P2/c1-7-9-11-13-15-17-19-20-23-27-33-39-45-51-57-63-78(83)91-69-76(97-79(84)64-58-52-46-40-34-28-25-22-21-24-26-31-36-42-48-54-60-72(3)4)71-95-99(88,89)93-67-74(81)66-92-98(86,87)94-70-75(68-90-77(82)62-56-50-44-38-18-16-14-12-10-8-2)96-80(85)65-59-53-47-41-35-30-29-32-37-43-49-55-61-73(5)6/h17,19-20,23,72-76,81H,7-16,18,21-22,24-71H2,1-6H3,(H,86,87)(H,88,89)/b19-17-,23-20-/t74-,75+,76+/m0/s1. The van der Waals surface area contributed by atoms with E-state index in [0.29, 0.717) is 25.7 Å². The van der Waals surface area contributed by atoms with Crippen molar-refractivity contribution in [1.82, 2.24) is 0 Å². The Morgan fingerprint density at radius 2 is 0.545 bits per heavy atom. The summed E-state index contributed by atoms with van der Waals surface area (Å²) in [5.74, 6) is -0.557. The van der Waals surface area contributed by atoms with E-state index in [1.807, 2.05) is 0 Å². The molecule has 0 aliphatic heterocycles. The van der Waals surface area contributed by atoms with Crippen LogP contribution in [0.15, 0.2) is 24.3 Å². The molecule has 99 heavy (non-hydrogen) atoms. The molecule has 0 fully saturated rings. The van der Waals surface area contributed by atoms with Crippen LogP contribution in [0.4, 0.5) is 0 Å². The molecule has 0 aliphatic rings. The molecule has 0 aromatic carbocycles. The van der Waals surface area contributed by atoms with Gasteiger partial charge in [-0.25, -0.2) is 9.13 Å². The number of ether oxygens (including phenoxy) is 4. The molecule has 0 amide bonds. The minimum absolute atomic E-state index is 0.101. The van der Waals surface area contributed by atoms with Crippen LogP contribution in [-0.2, 0) is 65.4 Å². The minimum Gasteiger partial charge on any atom is -0.462 e. The molecule has 2 unspecified atom stereocenters. The first-order valence-corrected chi connectivity index (χ1v) is 43.8. The van der Waals surface area contributed by atoms with Gasteiger partial charge in [0.05, 0.1) is 26.4 Å². The van der Waals surface area contributed by atoms with Crippen molar-refractivity contribution in [3.63, 3.8) is 0 Å². The zero-order valence-corrected chi connectivity index (χ0v) is 66.1. The smallest absolute Gasteiger partial charge is 0.462 e. The molecule has 0 aromatic heterocycles. The molecule has 0 aliphatic carbocycles. The Bertz CT molecular complexity index is 2000. The lowest BCUT2D eigenvalue weighted by atomic mass is 10.0. The van der Waals surface area contributed by atoms with Crippen molar-refractivity contribution in [1.29, 1.82) is 0 Å². The summed E-state index contributed by atoms with van der Waals surface area (Å²) >= 11 is 0. The zero-order valence-electron chi connectivity index (χ0n) is 64.3. The second-order valence-electron chi connectivity index (χ2n) is 29.1. The van der Waals surface area contributed by atoms with Crippen molar-refractivity contribution >= 4 is 39.5 Å². The maximum absolute atomic E-state index is 13.1. The maximum atomic E-state index is 13.1. The first-order valence-electron chi connectivity index (χ1n) is 40.8. The van der Waals surface area contributed by atoms with E-state index in [2.05, 4.69) is 65.8 Å². The third kappa shape index (κ3) is 73.6. The number of phosphoric ester groups is 2. The van der Waals surface area contributed by atoms with Gasteiger partial charge in [0.25, 0.3) is 0 Å². The molecular formula is C80H152O17P2. The molecule has 0 saturated carbocycles. The molecule has 0 bridgehead atoms. The first-order chi connectivity index (χ1) is 47.9. The van der Waals surface area contributed by atoms with Gasteiger partial charge in [0.2, 0.25) is 0 Å². The van der Waals surface area contributed by atoms with Gasteiger partial charge < -0.3 is 33.8 Å². The molecule has 17 nitrogen and oxygen atoms in total. The average Bonchev–Trinajstić information content (AvgIpc) is 0.973. The highest BCUT2D eigenvalue weighted by atomic mass is 31.2. The highest BCUT2D eigenvalue weighted by Crippen LogP contribution is 2.45. The predicted molar refractivity (Wildman–Crippen MR) is 404 cm³/mol. The van der Waals surface area contributed by atoms with Gasteiger partial charge in [0.1, 0.15) is 19.3 Å². The quantitative estimate of drug-likeness (QED) is 0.0169. The van der Waals surface area contributed by atoms with Crippen LogP contribution in [-0.4, -0.2) is 96.7 Å². The minimum atomic E-state index is -4.97. The molecule has 0 spiro atoms. The number of allylic oxidation sites excluding steroid dienone is 4. The van der Waals surface area contributed by atoms with Crippen LogP contribution in [0, 0.1) is 11.8 Å². The van der Waals surface area contributed by atoms with Crippen molar-refractivity contribution in [3.8, 4) is 0 Å². The van der Waals surface area contributed by atoms with Crippen molar-refractivity contribution in [3.05, 3.63) is 24.3 Å². The zero-order chi connectivity index (χ0) is 72.8. The van der Waals surface area contributed by atoms with Crippen LogP contribution < -0.4 is 0 Å². The lowest BCUT2D eigenvalue weighted by Crippen LogP contribution is -2.30. The fraction of sp³-hybridized carbons (Fsp3) is 0.900. The van der Waals surface area contributed by atoms with Gasteiger partial charge in [-0.2, -0.15) is 0 Å². The van der Waals surface area contributed by atoms with E-state index in [1.54, 1.807) is 0 Å². The van der Waals surface area contributed by atoms with Crippen LogP contribution in [0.2, 0.25) is 0 Å². The molecule has 0 radical (unpaired) electrons. The number of phosphoric acid groups is 2. The normalized spacial score (nSPS) is 14.1. The summed E-state index contributed by atoms with van der Waals surface area (Å²) in [7, 11) is -9.93. The van der Waals surface area contributed by atoms with E-state index < -0.39 is 97.5 Å². The molecule has 19 heteroatoms. The van der Waals surface area contributed by atoms with E-state index >= 15 is 0 Å². The SMILES string of the molecule is CCCCCC/C=C\C=C/CCCCCCCC(=O)OC[C@H](COP(=O)(O)OC[C@@H](O)COP(=O)(O)OC[C@@H](COC(=O)CCCCCCCCCCCC)OC(=O)CCCCCCCCCCCCCCC(C)C)OC(=O)CCCCCCCCCCCCCCCCCCC(C)C. The molecule has 0 saturated heterocycles. The number of carbonyl (C=O) groups excluding carboxylic acids is 4. The van der Waals surface area contributed by atoms with Crippen molar-refractivity contribution in [2.75, 3.05) is 39.6 Å². The van der Waals surface area contributed by atoms with Crippen molar-refractivity contribution in [2.45, 2.75) is 413 Å². The number of hydrogen-bond donors (Lipinski definition) is 3. The molecule has 3 N–H and O–H groups in total. The highest BCUT2D eigenvalue weighted by molar-refractivity contribution is 7.47. The molecule has 0 heterocycles. The van der Waals surface area contributed by atoms with Crippen LogP contribution in [0.25, 0.3) is 0 Å². The molecule has 0 rings (SSSR count). The second kappa shape index (κ2) is 71.2. The van der Waals surface area contributed by atoms with Crippen molar-refractivity contribution in [2.24, 2.45) is 11.8 Å². The van der Waals surface area contributed by atoms with E-state index in [0.717, 1.165) is 121 Å². The summed E-state index contributed by atoms with van der Waals surface area (Å²) in [5, 5.41) is 10.6. The second-order valence-corrected chi connectivity index (χ2v) is 32.0. The van der Waals surface area contributed by atoms with Crippen LogP contribution in [0.1, 0.15) is 395 Å². The Labute approximate surface area is 605 Å².